The van der Waals surface area contributed by atoms with E-state index in [0.29, 0.717) is 23.9 Å². The predicted molar refractivity (Wildman–Crippen MR) is 69.6 cm³/mol. The van der Waals surface area contributed by atoms with Crippen LogP contribution in [0.25, 0.3) is 0 Å². The van der Waals surface area contributed by atoms with Gasteiger partial charge in [0.15, 0.2) is 0 Å². The summed E-state index contributed by atoms with van der Waals surface area (Å²) in [5.74, 6) is 1.62. The topological polar surface area (TPSA) is 35.5 Å². The number of hydrogen-bond donors (Lipinski definition) is 0. The molecule has 3 nitrogen and oxygen atoms in total. The minimum absolute atomic E-state index is 0.0408. The van der Waals surface area contributed by atoms with Crippen LogP contribution in [0, 0.1) is 11.8 Å². The molecule has 0 aromatic carbocycles. The lowest BCUT2D eigenvalue weighted by Crippen LogP contribution is -2.16. The molecule has 1 heterocycles. The Morgan fingerprint density at radius 1 is 1.39 bits per heavy atom. The van der Waals surface area contributed by atoms with Gasteiger partial charge in [-0.3, -0.25) is 0 Å². The second-order valence-electron chi connectivity index (χ2n) is 5.12. The van der Waals surface area contributed by atoms with Gasteiger partial charge >= 0.3 is 5.97 Å². The molecule has 1 aliphatic carbocycles. The molecule has 0 aromatic heterocycles. The first-order chi connectivity index (χ1) is 8.65. The SMILES string of the molecule is C=C1OC(C2CCCCC2)=C(C(=O)OCC)[C@@H]1C. The molecular weight excluding hydrogens is 228 g/mol. The maximum atomic E-state index is 12.1. The molecule has 2 rings (SSSR count). The Kier molecular flexibility index (Phi) is 4.10. The zero-order chi connectivity index (χ0) is 13.1. The zero-order valence-corrected chi connectivity index (χ0v) is 11.3. The molecule has 1 atom stereocenters. The van der Waals surface area contributed by atoms with Crippen molar-refractivity contribution in [3.05, 3.63) is 23.7 Å². The van der Waals surface area contributed by atoms with E-state index in [4.69, 9.17) is 9.47 Å². The number of carbonyl (C=O) groups is 1. The van der Waals surface area contributed by atoms with Gasteiger partial charge in [0.2, 0.25) is 0 Å². The van der Waals surface area contributed by atoms with Crippen molar-refractivity contribution in [2.75, 3.05) is 6.61 Å². The molecule has 0 amide bonds. The van der Waals surface area contributed by atoms with E-state index in [0.717, 1.165) is 18.6 Å². The van der Waals surface area contributed by atoms with E-state index in [1.807, 2.05) is 13.8 Å². The Morgan fingerprint density at radius 2 is 2.06 bits per heavy atom. The minimum Gasteiger partial charge on any atom is -0.465 e. The molecule has 0 spiro atoms. The van der Waals surface area contributed by atoms with Gasteiger partial charge < -0.3 is 9.47 Å². The Labute approximate surface area is 109 Å². The summed E-state index contributed by atoms with van der Waals surface area (Å²) >= 11 is 0. The van der Waals surface area contributed by atoms with Crippen molar-refractivity contribution in [1.82, 2.24) is 0 Å². The van der Waals surface area contributed by atoms with E-state index in [2.05, 4.69) is 6.58 Å². The average Bonchev–Trinajstić information content (AvgIpc) is 2.67. The monoisotopic (exact) mass is 250 g/mol. The number of hydrogen-bond acceptors (Lipinski definition) is 3. The normalized spacial score (nSPS) is 25.2. The fourth-order valence-corrected chi connectivity index (χ4v) is 2.81. The second kappa shape index (κ2) is 5.59. The van der Waals surface area contributed by atoms with Crippen LogP contribution < -0.4 is 0 Å². The van der Waals surface area contributed by atoms with Crippen molar-refractivity contribution in [2.24, 2.45) is 11.8 Å². The third-order valence-corrected chi connectivity index (χ3v) is 3.89. The van der Waals surface area contributed by atoms with E-state index in [9.17, 15) is 4.79 Å². The van der Waals surface area contributed by atoms with E-state index >= 15 is 0 Å². The van der Waals surface area contributed by atoms with Gasteiger partial charge in [-0.05, 0) is 19.8 Å². The quantitative estimate of drug-likeness (QED) is 0.718. The van der Waals surface area contributed by atoms with Crippen molar-refractivity contribution >= 4 is 5.97 Å². The molecule has 0 unspecified atom stereocenters. The lowest BCUT2D eigenvalue weighted by atomic mass is 9.85. The molecule has 0 bridgehead atoms. The standard InChI is InChI=1S/C15H22O3/c1-4-17-15(16)13-10(2)11(3)18-14(13)12-8-6-5-7-9-12/h10,12H,3-9H2,1-2H3/t10-/m1/s1. The minimum atomic E-state index is -0.232. The van der Waals surface area contributed by atoms with Crippen molar-refractivity contribution in [2.45, 2.75) is 46.0 Å². The molecule has 0 aromatic rings. The van der Waals surface area contributed by atoms with Gasteiger partial charge in [-0.15, -0.1) is 0 Å². The van der Waals surface area contributed by atoms with E-state index in [1.54, 1.807) is 0 Å². The fraction of sp³-hybridized carbons (Fsp3) is 0.667. The number of rotatable bonds is 3. The van der Waals surface area contributed by atoms with Gasteiger partial charge in [-0.25, -0.2) is 4.79 Å². The first-order valence-corrected chi connectivity index (χ1v) is 6.93. The third-order valence-electron chi connectivity index (χ3n) is 3.89. The van der Waals surface area contributed by atoms with Gasteiger partial charge in [0.05, 0.1) is 12.2 Å². The predicted octanol–water partition coefficient (Wildman–Crippen LogP) is 3.56. The summed E-state index contributed by atoms with van der Waals surface area (Å²) < 4.78 is 10.9. The highest BCUT2D eigenvalue weighted by Gasteiger charge is 2.37. The Balaban J connectivity index is 2.25. The molecule has 0 radical (unpaired) electrons. The Morgan fingerprint density at radius 3 is 2.67 bits per heavy atom. The molecule has 2 aliphatic rings. The molecule has 0 saturated heterocycles. The third kappa shape index (κ3) is 2.45. The van der Waals surface area contributed by atoms with Crippen LogP contribution >= 0.6 is 0 Å². The smallest absolute Gasteiger partial charge is 0.338 e. The summed E-state index contributed by atoms with van der Waals surface area (Å²) in [6, 6.07) is 0. The van der Waals surface area contributed by atoms with E-state index in [1.165, 1.54) is 19.3 Å². The lowest BCUT2D eigenvalue weighted by molar-refractivity contribution is -0.139. The highest BCUT2D eigenvalue weighted by atomic mass is 16.5. The summed E-state index contributed by atoms with van der Waals surface area (Å²) in [5, 5.41) is 0. The largest absolute Gasteiger partial charge is 0.465 e. The highest BCUT2D eigenvalue weighted by molar-refractivity contribution is 5.91. The molecule has 1 aliphatic heterocycles. The Hall–Kier alpha value is -1.25. The van der Waals surface area contributed by atoms with Crippen molar-refractivity contribution in [1.29, 1.82) is 0 Å². The van der Waals surface area contributed by atoms with Crippen molar-refractivity contribution in [3.63, 3.8) is 0 Å². The van der Waals surface area contributed by atoms with Gasteiger partial charge in [0.1, 0.15) is 11.5 Å². The van der Waals surface area contributed by atoms with Gasteiger partial charge in [-0.2, -0.15) is 0 Å². The molecular formula is C15H22O3. The van der Waals surface area contributed by atoms with Crippen LogP contribution in [0.2, 0.25) is 0 Å². The summed E-state index contributed by atoms with van der Waals surface area (Å²) in [4.78, 5) is 12.1. The molecule has 18 heavy (non-hydrogen) atoms. The van der Waals surface area contributed by atoms with Crippen LogP contribution in [0.3, 0.4) is 0 Å². The fourth-order valence-electron chi connectivity index (χ4n) is 2.81. The van der Waals surface area contributed by atoms with E-state index < -0.39 is 0 Å². The average molecular weight is 250 g/mol. The first-order valence-electron chi connectivity index (χ1n) is 6.93. The zero-order valence-electron chi connectivity index (χ0n) is 11.3. The van der Waals surface area contributed by atoms with Gasteiger partial charge in [0.25, 0.3) is 0 Å². The van der Waals surface area contributed by atoms with Crippen molar-refractivity contribution < 1.29 is 14.3 Å². The molecule has 1 fully saturated rings. The van der Waals surface area contributed by atoms with Crippen LogP contribution in [0.5, 0.6) is 0 Å². The number of esters is 1. The van der Waals surface area contributed by atoms with Crippen LogP contribution in [0.15, 0.2) is 23.7 Å². The highest BCUT2D eigenvalue weighted by Crippen LogP contribution is 2.42. The molecule has 3 heteroatoms. The van der Waals surface area contributed by atoms with Crippen LogP contribution in [0.1, 0.15) is 46.0 Å². The maximum absolute atomic E-state index is 12.1. The molecule has 1 saturated carbocycles. The number of ether oxygens (including phenoxy) is 2. The summed E-state index contributed by atoms with van der Waals surface area (Å²) in [7, 11) is 0. The summed E-state index contributed by atoms with van der Waals surface area (Å²) in [6.07, 6.45) is 5.94. The van der Waals surface area contributed by atoms with Crippen molar-refractivity contribution in [3.8, 4) is 0 Å². The summed E-state index contributed by atoms with van der Waals surface area (Å²) in [5.41, 5.74) is 0.703. The molecule has 100 valence electrons. The molecule has 0 N–H and O–H groups in total. The van der Waals surface area contributed by atoms with Crippen LogP contribution in [-0.4, -0.2) is 12.6 Å². The van der Waals surface area contributed by atoms with Crippen LogP contribution in [0.4, 0.5) is 0 Å². The van der Waals surface area contributed by atoms with Gasteiger partial charge in [-0.1, -0.05) is 32.8 Å². The summed E-state index contributed by atoms with van der Waals surface area (Å²) in [6.45, 7) is 8.09. The lowest BCUT2D eigenvalue weighted by Gasteiger charge is -2.22. The Bertz CT molecular complexity index is 375. The van der Waals surface area contributed by atoms with E-state index in [-0.39, 0.29) is 11.9 Å². The number of allylic oxidation sites excluding steroid dienone is 2. The second-order valence-corrected chi connectivity index (χ2v) is 5.12. The van der Waals surface area contributed by atoms with Gasteiger partial charge in [0, 0.05) is 11.8 Å². The maximum Gasteiger partial charge on any atom is 0.338 e. The number of carbonyl (C=O) groups excluding carboxylic acids is 1. The first kappa shape index (κ1) is 13.2. The van der Waals surface area contributed by atoms with Crippen LogP contribution in [-0.2, 0) is 14.3 Å².